The first kappa shape index (κ1) is 11.3. The fourth-order valence-corrected chi connectivity index (χ4v) is 1.76. The van der Waals surface area contributed by atoms with Crippen LogP contribution >= 0.6 is 15.9 Å². The summed E-state index contributed by atoms with van der Waals surface area (Å²) in [6, 6.07) is 10.2. The van der Waals surface area contributed by atoms with Crippen LogP contribution in [0.1, 0.15) is 17.8 Å². The Morgan fingerprint density at radius 3 is 2.75 bits per heavy atom. The number of aryl methyl sites for hydroxylation is 1. The number of hydrogen-bond donors (Lipinski definition) is 0. The summed E-state index contributed by atoms with van der Waals surface area (Å²) >= 11 is 3.40. The quantitative estimate of drug-likeness (QED) is 0.788. The first-order valence-electron chi connectivity index (χ1n) is 5.25. The molecule has 0 unspecified atom stereocenters. The molecule has 1 aromatic heterocycles. The molecule has 0 aliphatic rings. The van der Waals surface area contributed by atoms with Gasteiger partial charge in [-0.1, -0.05) is 46.3 Å². The van der Waals surface area contributed by atoms with E-state index in [-0.39, 0.29) is 0 Å². The molecule has 0 saturated carbocycles. The largest absolute Gasteiger partial charge is 0.229 e. The normalized spacial score (nSPS) is 10.6. The highest BCUT2D eigenvalue weighted by Crippen LogP contribution is 2.06. The molecule has 0 aliphatic heterocycles. The molecule has 2 rings (SSSR count). The average Bonchev–Trinajstić information content (AvgIpc) is 2.75. The zero-order valence-corrected chi connectivity index (χ0v) is 10.5. The van der Waals surface area contributed by atoms with Crippen molar-refractivity contribution in [3.05, 3.63) is 41.7 Å². The van der Waals surface area contributed by atoms with Gasteiger partial charge in [0.1, 0.15) is 0 Å². The van der Waals surface area contributed by atoms with Gasteiger partial charge < -0.3 is 0 Å². The van der Waals surface area contributed by atoms with Gasteiger partial charge in [-0.15, -0.1) is 5.10 Å². The van der Waals surface area contributed by atoms with Crippen molar-refractivity contribution in [3.8, 4) is 0 Å². The molecule has 0 spiro atoms. The summed E-state index contributed by atoms with van der Waals surface area (Å²) in [5.41, 5.74) is 1.23. The third kappa shape index (κ3) is 2.88. The lowest BCUT2D eigenvalue weighted by atomic mass is 10.1. The van der Waals surface area contributed by atoms with Gasteiger partial charge in [-0.05, 0) is 22.4 Å². The molecule has 16 heavy (non-hydrogen) atoms. The van der Waals surface area contributed by atoms with Gasteiger partial charge in [-0.25, -0.2) is 4.68 Å². The van der Waals surface area contributed by atoms with E-state index >= 15 is 0 Å². The van der Waals surface area contributed by atoms with E-state index in [2.05, 4.69) is 43.6 Å². The van der Waals surface area contributed by atoms with Crippen LogP contribution in [0.3, 0.4) is 0 Å². The van der Waals surface area contributed by atoms with Crippen molar-refractivity contribution < 1.29 is 0 Å². The molecular weight excluding hydrogens is 268 g/mol. The van der Waals surface area contributed by atoms with Gasteiger partial charge in [-0.2, -0.15) is 0 Å². The average molecular weight is 281 g/mol. The van der Waals surface area contributed by atoms with Crippen molar-refractivity contribution in [3.63, 3.8) is 0 Å². The predicted molar refractivity (Wildman–Crippen MR) is 65.5 cm³/mol. The molecule has 84 valence electrons. The highest BCUT2D eigenvalue weighted by molar-refractivity contribution is 9.09. The van der Waals surface area contributed by atoms with Crippen LogP contribution in [0.15, 0.2) is 30.3 Å². The molecule has 0 fully saturated rings. The first-order valence-corrected chi connectivity index (χ1v) is 6.37. The number of tetrazole rings is 1. The Kier molecular flexibility index (Phi) is 4.04. The van der Waals surface area contributed by atoms with Crippen LogP contribution in [0.5, 0.6) is 0 Å². The maximum atomic E-state index is 4.05. The van der Waals surface area contributed by atoms with Crippen molar-refractivity contribution in [2.75, 3.05) is 5.33 Å². The van der Waals surface area contributed by atoms with Crippen LogP contribution in [0, 0.1) is 0 Å². The summed E-state index contributed by atoms with van der Waals surface area (Å²) in [6.45, 7) is 0.862. The minimum Gasteiger partial charge on any atom is -0.229 e. The number of halogens is 1. The number of aromatic nitrogens is 4. The van der Waals surface area contributed by atoms with Crippen molar-refractivity contribution in [2.24, 2.45) is 0 Å². The van der Waals surface area contributed by atoms with Crippen molar-refractivity contribution in [1.29, 1.82) is 0 Å². The van der Waals surface area contributed by atoms with Crippen molar-refractivity contribution in [2.45, 2.75) is 19.4 Å². The molecule has 0 saturated heterocycles. The highest BCUT2D eigenvalue weighted by atomic mass is 79.9. The number of benzene rings is 1. The Balaban J connectivity index is 2.07. The van der Waals surface area contributed by atoms with E-state index in [1.165, 1.54) is 5.56 Å². The molecular formula is C11H13BrN4. The lowest BCUT2D eigenvalue weighted by molar-refractivity contribution is 0.563. The van der Waals surface area contributed by atoms with Gasteiger partial charge in [0, 0.05) is 18.3 Å². The predicted octanol–water partition coefficient (Wildman–Crippen LogP) is 2.05. The van der Waals surface area contributed by atoms with Crippen LogP contribution in [0.2, 0.25) is 0 Å². The third-order valence-corrected chi connectivity index (χ3v) is 2.88. The summed E-state index contributed by atoms with van der Waals surface area (Å²) in [4.78, 5) is 0. The lowest BCUT2D eigenvalue weighted by Gasteiger charge is -2.03. The van der Waals surface area contributed by atoms with E-state index in [4.69, 9.17) is 0 Å². The van der Waals surface area contributed by atoms with Crippen LogP contribution in [-0.4, -0.2) is 25.5 Å². The summed E-state index contributed by atoms with van der Waals surface area (Å²) in [7, 11) is 0. The molecule has 4 nitrogen and oxygen atoms in total. The first-order chi connectivity index (χ1) is 7.90. The maximum Gasteiger partial charge on any atom is 0.155 e. The molecule has 5 heteroatoms. The molecule has 1 aromatic carbocycles. The van der Waals surface area contributed by atoms with Crippen molar-refractivity contribution in [1.82, 2.24) is 20.2 Å². The highest BCUT2D eigenvalue weighted by Gasteiger charge is 2.05. The van der Waals surface area contributed by atoms with E-state index in [0.717, 1.165) is 30.5 Å². The Morgan fingerprint density at radius 1 is 1.19 bits per heavy atom. The second-order valence-corrected chi connectivity index (χ2v) is 4.32. The van der Waals surface area contributed by atoms with Crippen molar-refractivity contribution >= 4 is 15.9 Å². The number of rotatable bonds is 5. The van der Waals surface area contributed by atoms with Crippen LogP contribution < -0.4 is 0 Å². The van der Waals surface area contributed by atoms with Crippen LogP contribution in [-0.2, 0) is 13.0 Å². The zero-order valence-electron chi connectivity index (χ0n) is 8.88. The standard InChI is InChI=1S/C11H13BrN4/c12-7-4-8-16-11(13-14-15-16)9-10-5-2-1-3-6-10/h1-3,5-6H,4,7-9H2. The van der Waals surface area contributed by atoms with Gasteiger partial charge in [0.05, 0.1) is 0 Å². The van der Waals surface area contributed by atoms with E-state index in [9.17, 15) is 0 Å². The fraction of sp³-hybridized carbons (Fsp3) is 0.364. The summed E-state index contributed by atoms with van der Waals surface area (Å²) in [5, 5.41) is 12.7. The van der Waals surface area contributed by atoms with Gasteiger partial charge in [0.15, 0.2) is 5.82 Å². The fourth-order valence-electron chi connectivity index (χ4n) is 1.51. The second-order valence-electron chi connectivity index (χ2n) is 3.52. The molecule has 0 amide bonds. The zero-order chi connectivity index (χ0) is 11.2. The molecule has 0 N–H and O–H groups in total. The Bertz CT molecular complexity index is 427. The van der Waals surface area contributed by atoms with Crippen LogP contribution in [0.25, 0.3) is 0 Å². The minimum atomic E-state index is 0.788. The molecule has 1 heterocycles. The molecule has 0 bridgehead atoms. The summed E-state index contributed by atoms with van der Waals surface area (Å²) in [6.07, 6.45) is 1.82. The molecule has 0 aliphatic carbocycles. The SMILES string of the molecule is BrCCCn1nnnc1Cc1ccccc1. The van der Waals surface area contributed by atoms with Crippen LogP contribution in [0.4, 0.5) is 0 Å². The van der Waals surface area contributed by atoms with E-state index in [1.807, 2.05) is 22.9 Å². The topological polar surface area (TPSA) is 43.6 Å². The van der Waals surface area contributed by atoms with Gasteiger partial charge in [0.2, 0.25) is 0 Å². The summed E-state index contributed by atoms with van der Waals surface area (Å²) in [5.74, 6) is 0.923. The Morgan fingerprint density at radius 2 is 2.00 bits per heavy atom. The van der Waals surface area contributed by atoms with E-state index < -0.39 is 0 Å². The minimum absolute atomic E-state index is 0.788. The number of nitrogens with zero attached hydrogens (tertiary/aromatic N) is 4. The second kappa shape index (κ2) is 5.75. The van der Waals surface area contributed by atoms with Gasteiger partial charge in [0.25, 0.3) is 0 Å². The third-order valence-electron chi connectivity index (χ3n) is 2.31. The van der Waals surface area contributed by atoms with E-state index in [0.29, 0.717) is 0 Å². The summed E-state index contributed by atoms with van der Waals surface area (Å²) < 4.78 is 1.87. The van der Waals surface area contributed by atoms with E-state index in [1.54, 1.807) is 0 Å². The smallest absolute Gasteiger partial charge is 0.155 e. The number of hydrogen-bond acceptors (Lipinski definition) is 3. The molecule has 0 radical (unpaired) electrons. The Hall–Kier alpha value is -1.23. The molecule has 0 atom stereocenters. The number of alkyl halides is 1. The van der Waals surface area contributed by atoms with Gasteiger partial charge in [-0.3, -0.25) is 0 Å². The van der Waals surface area contributed by atoms with Gasteiger partial charge >= 0.3 is 0 Å². The monoisotopic (exact) mass is 280 g/mol. The Labute approximate surface area is 103 Å². The lowest BCUT2D eigenvalue weighted by Crippen LogP contribution is -2.07. The maximum absolute atomic E-state index is 4.05. The molecule has 2 aromatic rings.